The summed E-state index contributed by atoms with van der Waals surface area (Å²) in [5.41, 5.74) is 0. The van der Waals surface area contributed by atoms with Crippen LogP contribution in [0.25, 0.3) is 0 Å². The van der Waals surface area contributed by atoms with Gasteiger partial charge in [0.05, 0.1) is 4.90 Å². The van der Waals surface area contributed by atoms with Gasteiger partial charge in [0.25, 0.3) is 0 Å². The van der Waals surface area contributed by atoms with E-state index in [-0.39, 0.29) is 36.6 Å². The molecule has 3 rings (SSSR count). The van der Waals surface area contributed by atoms with E-state index in [0.29, 0.717) is 11.4 Å². The number of carboxylic acids is 1. The fourth-order valence-corrected chi connectivity index (χ4v) is 4.89. The number of benzene rings is 1. The second-order valence-corrected chi connectivity index (χ2v) is 8.99. The summed E-state index contributed by atoms with van der Waals surface area (Å²) in [7, 11) is -3.78. The maximum atomic E-state index is 12.5. The number of piperidine rings is 1. The summed E-state index contributed by atoms with van der Waals surface area (Å²) in [6.45, 7) is 0.217. The van der Waals surface area contributed by atoms with Crippen LogP contribution in [0, 0.1) is 0 Å². The molecule has 0 radical (unpaired) electrons. The molecule has 11 heteroatoms. The molecule has 1 aromatic carbocycles. The molecule has 0 aliphatic carbocycles. The molecule has 28 heavy (non-hydrogen) atoms. The van der Waals surface area contributed by atoms with Crippen LogP contribution in [0.4, 0.5) is 0 Å². The van der Waals surface area contributed by atoms with Crippen LogP contribution in [0.3, 0.4) is 0 Å². The van der Waals surface area contributed by atoms with Gasteiger partial charge in [-0.2, -0.15) is 0 Å². The number of halogens is 1. The summed E-state index contributed by atoms with van der Waals surface area (Å²) in [5.74, 6) is -1.77. The zero-order chi connectivity index (χ0) is 20.5. The quantitative estimate of drug-likeness (QED) is 0.597. The first-order valence-electron chi connectivity index (χ1n) is 8.78. The van der Waals surface area contributed by atoms with Crippen LogP contribution < -0.4 is 10.0 Å². The number of hydrogen-bond acceptors (Lipinski definition) is 5. The highest BCUT2D eigenvalue weighted by molar-refractivity contribution is 7.89. The van der Waals surface area contributed by atoms with Crippen molar-refractivity contribution in [3.8, 4) is 0 Å². The zero-order valence-corrected chi connectivity index (χ0v) is 16.4. The summed E-state index contributed by atoms with van der Waals surface area (Å²) in [5, 5.41) is 11.7. The van der Waals surface area contributed by atoms with E-state index in [9.17, 15) is 22.8 Å². The van der Waals surface area contributed by atoms with Crippen LogP contribution >= 0.6 is 11.6 Å². The van der Waals surface area contributed by atoms with Gasteiger partial charge in [0.15, 0.2) is 0 Å². The molecule has 2 fully saturated rings. The smallest absolute Gasteiger partial charge is 0.303 e. The molecular weight excluding hydrogens is 410 g/mol. The second kappa shape index (κ2) is 8.06. The van der Waals surface area contributed by atoms with Gasteiger partial charge in [0.2, 0.25) is 21.8 Å². The number of aliphatic carboxylic acids is 1. The van der Waals surface area contributed by atoms with Crippen molar-refractivity contribution in [2.75, 3.05) is 6.54 Å². The number of carboxylic acid groups (broad SMARTS) is 1. The summed E-state index contributed by atoms with van der Waals surface area (Å²) >= 11 is 5.78. The van der Waals surface area contributed by atoms with Crippen LogP contribution in [-0.2, 0) is 24.4 Å². The molecule has 3 N–H and O–H groups in total. The molecule has 0 saturated carbocycles. The second-order valence-electron chi connectivity index (χ2n) is 6.84. The lowest BCUT2D eigenvalue weighted by molar-refractivity contribution is -0.152. The molecule has 0 spiro atoms. The van der Waals surface area contributed by atoms with E-state index >= 15 is 0 Å². The number of hydrogen-bond donors (Lipinski definition) is 3. The van der Waals surface area contributed by atoms with Gasteiger partial charge >= 0.3 is 5.97 Å². The lowest BCUT2D eigenvalue weighted by Gasteiger charge is -2.44. The molecule has 2 saturated heterocycles. The van der Waals surface area contributed by atoms with Gasteiger partial charge in [-0.25, -0.2) is 13.1 Å². The Hall–Kier alpha value is -2.17. The Balaban J connectivity index is 1.66. The van der Waals surface area contributed by atoms with Crippen LogP contribution in [-0.4, -0.2) is 60.9 Å². The van der Waals surface area contributed by atoms with Crippen molar-refractivity contribution in [1.82, 2.24) is 14.9 Å². The first-order valence-corrected chi connectivity index (χ1v) is 10.6. The molecule has 2 aliphatic heterocycles. The van der Waals surface area contributed by atoms with E-state index in [1.165, 1.54) is 29.2 Å². The van der Waals surface area contributed by atoms with Gasteiger partial charge in [-0.3, -0.25) is 14.4 Å². The highest BCUT2D eigenvalue weighted by atomic mass is 35.5. The monoisotopic (exact) mass is 429 g/mol. The van der Waals surface area contributed by atoms with Gasteiger partial charge in [0.1, 0.15) is 12.1 Å². The molecular formula is C17H20ClN3O6S. The molecule has 9 nitrogen and oxygen atoms in total. The Bertz CT molecular complexity index is 889. The minimum absolute atomic E-state index is 0.0236. The summed E-state index contributed by atoms with van der Waals surface area (Å²) in [4.78, 5) is 37.1. The molecule has 3 atom stereocenters. The number of piperazine rings is 1. The van der Waals surface area contributed by atoms with E-state index in [1.54, 1.807) is 0 Å². The minimum atomic E-state index is -3.78. The molecule has 2 aliphatic rings. The van der Waals surface area contributed by atoms with E-state index in [0.717, 1.165) is 0 Å². The van der Waals surface area contributed by atoms with Crippen molar-refractivity contribution in [3.05, 3.63) is 29.3 Å². The fraction of sp³-hybridized carbons (Fsp3) is 0.471. The first kappa shape index (κ1) is 20.6. The lowest BCUT2D eigenvalue weighted by Crippen LogP contribution is -2.66. The number of amides is 2. The van der Waals surface area contributed by atoms with Crippen molar-refractivity contribution >= 4 is 39.4 Å². The predicted molar refractivity (Wildman–Crippen MR) is 99.1 cm³/mol. The Morgan fingerprint density at radius 1 is 1.29 bits per heavy atom. The number of rotatable bonds is 6. The van der Waals surface area contributed by atoms with Gasteiger partial charge in [0, 0.05) is 24.0 Å². The Morgan fingerprint density at radius 2 is 1.96 bits per heavy atom. The Kier molecular flexibility index (Phi) is 5.92. The van der Waals surface area contributed by atoms with Crippen molar-refractivity contribution in [3.63, 3.8) is 0 Å². The van der Waals surface area contributed by atoms with Crippen molar-refractivity contribution in [2.45, 2.75) is 48.7 Å². The molecule has 2 heterocycles. The third-order valence-electron chi connectivity index (χ3n) is 4.90. The summed E-state index contributed by atoms with van der Waals surface area (Å²) in [6.07, 6.45) is 0.304. The standard InChI is InChI=1S/C17H20ClN3O6S/c18-10-1-3-12(4-2-10)28(26,27)20-11-7-8-21-14(9-11)16(24)19-13(17(21)25)5-6-15(22)23/h1-4,11,13-14,20H,5-9H2,(H,19,24)(H,22,23)/t11-,13+,14+/m1/s1. The third kappa shape index (κ3) is 4.45. The normalized spacial score (nSPS) is 25.2. The van der Waals surface area contributed by atoms with Gasteiger partial charge in [-0.05, 0) is 43.5 Å². The van der Waals surface area contributed by atoms with Crippen LogP contribution in [0.1, 0.15) is 25.7 Å². The van der Waals surface area contributed by atoms with Gasteiger partial charge in [-0.15, -0.1) is 0 Å². The van der Waals surface area contributed by atoms with Gasteiger partial charge < -0.3 is 15.3 Å². The fourth-order valence-electron chi connectivity index (χ4n) is 3.48. The Labute approximate surface area is 167 Å². The van der Waals surface area contributed by atoms with Gasteiger partial charge in [-0.1, -0.05) is 11.6 Å². The zero-order valence-electron chi connectivity index (χ0n) is 14.8. The largest absolute Gasteiger partial charge is 0.481 e. The van der Waals surface area contributed by atoms with Crippen LogP contribution in [0.15, 0.2) is 29.2 Å². The molecule has 0 unspecified atom stereocenters. The molecule has 2 amide bonds. The SMILES string of the molecule is O=C(O)CC[C@@H]1NC(=O)[C@@H]2C[C@H](NS(=O)(=O)c3ccc(Cl)cc3)CCN2C1=O. The number of carbonyl (C=O) groups is 3. The predicted octanol–water partition coefficient (Wildman–Crippen LogP) is 0.341. The third-order valence-corrected chi connectivity index (χ3v) is 6.68. The topological polar surface area (TPSA) is 133 Å². The van der Waals surface area contributed by atoms with E-state index in [1.807, 2.05) is 0 Å². The summed E-state index contributed by atoms with van der Waals surface area (Å²) < 4.78 is 27.6. The Morgan fingerprint density at radius 3 is 2.61 bits per heavy atom. The first-order chi connectivity index (χ1) is 13.2. The number of nitrogens with zero attached hydrogens (tertiary/aromatic N) is 1. The highest BCUT2D eigenvalue weighted by Gasteiger charge is 2.44. The van der Waals surface area contributed by atoms with E-state index in [2.05, 4.69) is 10.0 Å². The molecule has 0 bridgehead atoms. The van der Waals surface area contributed by atoms with Crippen molar-refractivity contribution in [2.24, 2.45) is 0 Å². The van der Waals surface area contributed by atoms with E-state index < -0.39 is 40.0 Å². The molecule has 0 aromatic heterocycles. The van der Waals surface area contributed by atoms with Crippen LogP contribution in [0.5, 0.6) is 0 Å². The molecule has 1 aromatic rings. The average molecular weight is 430 g/mol. The highest BCUT2D eigenvalue weighted by Crippen LogP contribution is 2.25. The van der Waals surface area contributed by atoms with E-state index in [4.69, 9.17) is 16.7 Å². The van der Waals surface area contributed by atoms with Crippen LogP contribution in [0.2, 0.25) is 5.02 Å². The number of nitrogens with one attached hydrogen (secondary N) is 2. The number of fused-ring (bicyclic) bond motifs is 1. The van der Waals surface area contributed by atoms with Crippen molar-refractivity contribution < 1.29 is 27.9 Å². The van der Waals surface area contributed by atoms with Crippen molar-refractivity contribution in [1.29, 1.82) is 0 Å². The summed E-state index contributed by atoms with van der Waals surface area (Å²) in [6, 6.07) is 3.60. The number of sulfonamides is 1. The maximum absolute atomic E-state index is 12.5. The minimum Gasteiger partial charge on any atom is -0.481 e. The average Bonchev–Trinajstić information content (AvgIpc) is 2.63. The molecule has 152 valence electrons. The number of carbonyl (C=O) groups excluding carboxylic acids is 2. The lowest BCUT2D eigenvalue weighted by atomic mass is 9.92. The maximum Gasteiger partial charge on any atom is 0.303 e.